The number of amides is 1. The van der Waals surface area contributed by atoms with Crippen molar-refractivity contribution in [2.45, 2.75) is 46.1 Å². The van der Waals surface area contributed by atoms with E-state index in [0.29, 0.717) is 6.04 Å². The lowest BCUT2D eigenvalue weighted by Crippen LogP contribution is -2.45. The highest BCUT2D eigenvalue weighted by molar-refractivity contribution is 5.81. The van der Waals surface area contributed by atoms with Gasteiger partial charge >= 0.3 is 0 Å². The Morgan fingerprint density at radius 3 is 2.74 bits per heavy atom. The maximum absolute atomic E-state index is 12.2. The third kappa shape index (κ3) is 7.66. The van der Waals surface area contributed by atoms with Crippen LogP contribution in [0.25, 0.3) is 0 Å². The first kappa shape index (κ1) is 22.0. The van der Waals surface area contributed by atoms with E-state index in [9.17, 15) is 4.79 Å². The highest BCUT2D eigenvalue weighted by atomic mass is 16.2. The Kier molecular flexibility index (Phi) is 9.34. The zero-order valence-electron chi connectivity index (χ0n) is 17.8. The normalized spacial score (nSPS) is 22.9. The average molecular weight is 381 g/mol. The Labute approximate surface area is 165 Å². The molecule has 1 amide bonds. The molecule has 1 atom stereocenters. The van der Waals surface area contributed by atoms with Crippen molar-refractivity contribution in [3.63, 3.8) is 0 Å². The smallest absolute Gasteiger partial charge is 0.225 e. The van der Waals surface area contributed by atoms with Crippen LogP contribution in [-0.4, -0.2) is 98.6 Å². The molecule has 0 aromatic rings. The quantitative estimate of drug-likeness (QED) is 0.389. The predicted molar refractivity (Wildman–Crippen MR) is 112 cm³/mol. The van der Waals surface area contributed by atoms with E-state index in [4.69, 9.17) is 4.99 Å². The summed E-state index contributed by atoms with van der Waals surface area (Å²) in [4.78, 5) is 23.9. The van der Waals surface area contributed by atoms with E-state index in [2.05, 4.69) is 34.4 Å². The van der Waals surface area contributed by atoms with Gasteiger partial charge in [-0.15, -0.1) is 0 Å². The number of carbonyl (C=O) groups is 1. The number of aliphatic imine (C=N–C) groups is 1. The number of guanidine groups is 1. The van der Waals surface area contributed by atoms with E-state index in [1.807, 2.05) is 18.7 Å². The van der Waals surface area contributed by atoms with Gasteiger partial charge in [-0.3, -0.25) is 9.79 Å². The van der Waals surface area contributed by atoms with E-state index >= 15 is 0 Å². The van der Waals surface area contributed by atoms with Crippen molar-refractivity contribution in [2.24, 2.45) is 10.9 Å². The lowest BCUT2D eigenvalue weighted by atomic mass is 10.2. The lowest BCUT2D eigenvalue weighted by molar-refractivity contribution is -0.133. The number of nitrogens with one attached hydrogen (secondary N) is 2. The number of rotatable bonds is 7. The molecule has 2 aliphatic rings. The largest absolute Gasteiger partial charge is 0.357 e. The van der Waals surface area contributed by atoms with Gasteiger partial charge < -0.3 is 25.3 Å². The molecular weight excluding hydrogens is 340 g/mol. The number of nitrogens with zero attached hydrogens (tertiary/aromatic N) is 4. The molecule has 2 N–H and O–H groups in total. The predicted octanol–water partition coefficient (Wildman–Crippen LogP) is 0.826. The van der Waals surface area contributed by atoms with Crippen molar-refractivity contribution in [2.75, 3.05) is 66.0 Å². The van der Waals surface area contributed by atoms with Crippen LogP contribution in [-0.2, 0) is 4.79 Å². The molecule has 27 heavy (non-hydrogen) atoms. The zero-order chi connectivity index (χ0) is 19.6. The van der Waals surface area contributed by atoms with E-state index in [-0.39, 0.29) is 11.8 Å². The van der Waals surface area contributed by atoms with Crippen molar-refractivity contribution in [3.05, 3.63) is 0 Å². The summed E-state index contributed by atoms with van der Waals surface area (Å²) in [5.74, 6) is 1.21. The molecule has 156 valence electrons. The highest BCUT2D eigenvalue weighted by Gasteiger charge is 2.27. The monoisotopic (exact) mass is 380 g/mol. The summed E-state index contributed by atoms with van der Waals surface area (Å²) in [5.41, 5.74) is 0. The van der Waals surface area contributed by atoms with Crippen molar-refractivity contribution in [3.8, 4) is 0 Å². The molecule has 1 unspecified atom stereocenters. The van der Waals surface area contributed by atoms with Crippen molar-refractivity contribution in [1.82, 2.24) is 25.3 Å². The second-order valence-corrected chi connectivity index (χ2v) is 8.18. The minimum Gasteiger partial charge on any atom is -0.357 e. The van der Waals surface area contributed by atoms with Gasteiger partial charge in [0, 0.05) is 51.2 Å². The third-order valence-electron chi connectivity index (χ3n) is 5.39. The maximum atomic E-state index is 12.2. The summed E-state index contributed by atoms with van der Waals surface area (Å²) in [6.45, 7) is 15.2. The minimum absolute atomic E-state index is 0.0735. The van der Waals surface area contributed by atoms with E-state index in [0.717, 1.165) is 51.5 Å². The molecule has 2 heterocycles. The van der Waals surface area contributed by atoms with Crippen LogP contribution in [0.4, 0.5) is 0 Å². The van der Waals surface area contributed by atoms with Crippen molar-refractivity contribution in [1.29, 1.82) is 0 Å². The van der Waals surface area contributed by atoms with Gasteiger partial charge in [-0.05, 0) is 52.9 Å². The minimum atomic E-state index is 0.0735. The maximum Gasteiger partial charge on any atom is 0.225 e. The first-order valence-electron chi connectivity index (χ1n) is 10.7. The van der Waals surface area contributed by atoms with Crippen LogP contribution >= 0.6 is 0 Å². The molecule has 2 rings (SSSR count). The van der Waals surface area contributed by atoms with Gasteiger partial charge in [0.2, 0.25) is 5.91 Å². The van der Waals surface area contributed by atoms with Gasteiger partial charge in [-0.25, -0.2) is 0 Å². The van der Waals surface area contributed by atoms with Crippen LogP contribution in [0, 0.1) is 5.92 Å². The molecule has 0 bridgehead atoms. The van der Waals surface area contributed by atoms with Crippen LogP contribution in [0.3, 0.4) is 0 Å². The fourth-order valence-corrected chi connectivity index (χ4v) is 3.77. The molecular formula is C20H40N6O. The van der Waals surface area contributed by atoms with Crippen molar-refractivity contribution < 1.29 is 4.79 Å². The summed E-state index contributed by atoms with van der Waals surface area (Å²) in [6, 6.07) is 0.298. The molecule has 2 fully saturated rings. The van der Waals surface area contributed by atoms with Crippen LogP contribution in [0.5, 0.6) is 0 Å². The van der Waals surface area contributed by atoms with Crippen LogP contribution in [0.2, 0.25) is 0 Å². The first-order chi connectivity index (χ1) is 13.0. The molecule has 7 heteroatoms. The highest BCUT2D eigenvalue weighted by Crippen LogP contribution is 2.12. The third-order valence-corrected chi connectivity index (χ3v) is 5.39. The van der Waals surface area contributed by atoms with Gasteiger partial charge in [-0.2, -0.15) is 0 Å². The summed E-state index contributed by atoms with van der Waals surface area (Å²) in [7, 11) is 2.21. The topological polar surface area (TPSA) is 63.2 Å². The fraction of sp³-hybridized carbons (Fsp3) is 0.900. The van der Waals surface area contributed by atoms with Gasteiger partial charge in [0.25, 0.3) is 0 Å². The van der Waals surface area contributed by atoms with Crippen molar-refractivity contribution >= 4 is 11.9 Å². The molecule has 0 aromatic carbocycles. The van der Waals surface area contributed by atoms with E-state index in [1.165, 1.54) is 32.6 Å². The van der Waals surface area contributed by atoms with Gasteiger partial charge in [-0.1, -0.05) is 13.8 Å². The summed E-state index contributed by atoms with van der Waals surface area (Å²) in [5, 5.41) is 6.87. The summed E-state index contributed by atoms with van der Waals surface area (Å²) >= 11 is 0. The molecule has 0 spiro atoms. The zero-order valence-corrected chi connectivity index (χ0v) is 17.8. The van der Waals surface area contributed by atoms with Gasteiger partial charge in [0.05, 0.1) is 0 Å². The van der Waals surface area contributed by atoms with Gasteiger partial charge in [0.1, 0.15) is 0 Å². The SMILES string of the molecule is CCNC(=NCCCN1CCCN(C)CC1)NC1CCN(C(=O)C(C)C)C1. The van der Waals surface area contributed by atoms with Crippen LogP contribution in [0.1, 0.15) is 40.0 Å². The summed E-state index contributed by atoms with van der Waals surface area (Å²) in [6.07, 6.45) is 3.34. The van der Waals surface area contributed by atoms with E-state index in [1.54, 1.807) is 0 Å². The van der Waals surface area contributed by atoms with Crippen LogP contribution < -0.4 is 10.6 Å². The molecule has 0 radical (unpaired) electrons. The Hall–Kier alpha value is -1.34. The molecule has 7 nitrogen and oxygen atoms in total. The molecule has 2 aliphatic heterocycles. The Morgan fingerprint density at radius 2 is 2.00 bits per heavy atom. The Morgan fingerprint density at radius 1 is 1.19 bits per heavy atom. The standard InChI is InChI=1S/C20H40N6O/c1-5-21-20(23-18-8-13-26(16-18)19(27)17(2)3)22-9-6-11-25-12-7-10-24(4)14-15-25/h17-18H,5-16H2,1-4H3,(H2,21,22,23). The number of likely N-dealkylation sites (N-methyl/N-ethyl adjacent to an activating group) is 1. The summed E-state index contributed by atoms with van der Waals surface area (Å²) < 4.78 is 0. The number of hydrogen-bond donors (Lipinski definition) is 2. The number of likely N-dealkylation sites (tertiary alicyclic amines) is 1. The first-order valence-corrected chi connectivity index (χ1v) is 10.7. The molecule has 0 saturated carbocycles. The Balaban J connectivity index is 1.73. The fourth-order valence-electron chi connectivity index (χ4n) is 3.77. The second kappa shape index (κ2) is 11.5. The van der Waals surface area contributed by atoms with Gasteiger partial charge in [0.15, 0.2) is 5.96 Å². The second-order valence-electron chi connectivity index (χ2n) is 8.18. The van der Waals surface area contributed by atoms with E-state index < -0.39 is 0 Å². The molecule has 0 aromatic heterocycles. The molecule has 0 aliphatic carbocycles. The molecule has 2 saturated heterocycles. The Bertz CT molecular complexity index is 481. The average Bonchev–Trinajstić information content (AvgIpc) is 3.00. The lowest BCUT2D eigenvalue weighted by Gasteiger charge is -2.21. The van der Waals surface area contributed by atoms with Crippen LogP contribution in [0.15, 0.2) is 4.99 Å². The number of hydrogen-bond acceptors (Lipinski definition) is 4. The number of carbonyl (C=O) groups excluding carboxylic acids is 1.